The standard InChI is InChI=1S/C22H21N7O7S3.C6H15N/c1-12-17(21(32)29(12)39(33,34)35)26-20(31)18(16-11-38-22(23)25-16)28-36-10-13-4-6-14(7-5-13)19(30)27-24-9-15-3-2-8-37-15;1-4-7(5-2)6-3/h2-9,11-12,17H,10H2,1H3,(H2,23,25)(H,26,31)(H,27,30)(H,33,34,35);4-6H2,1-3H3/b24-9+,28-18-;/t12-,17-;/m0./s1. The maximum atomic E-state index is 12.9. The first-order valence-electron chi connectivity index (χ1n) is 14.1. The van der Waals surface area contributed by atoms with Gasteiger partial charge in [0.1, 0.15) is 18.3 Å². The van der Waals surface area contributed by atoms with E-state index in [0.29, 0.717) is 11.1 Å². The number of hydrazone groups is 1. The van der Waals surface area contributed by atoms with E-state index in [1.165, 1.54) is 43.3 Å². The van der Waals surface area contributed by atoms with Crippen LogP contribution in [0.3, 0.4) is 0 Å². The molecule has 1 saturated heterocycles. The minimum absolute atomic E-state index is 0.0792. The molecule has 46 heavy (non-hydrogen) atoms. The SMILES string of the molecule is CCN(CC)CC.C[C@H]1[C@H](NC(=O)/C(=N\OCc2ccc(C(=O)N/N=C/c3cccs3)cc2)c2csc(N)n2)C(=O)N1S(=O)(=O)O. The number of carbonyl (C=O) groups is 3. The molecule has 0 bridgehead atoms. The van der Waals surface area contributed by atoms with E-state index in [0.717, 1.165) is 16.2 Å². The van der Waals surface area contributed by atoms with Crippen LogP contribution < -0.4 is 16.5 Å². The average molecular weight is 693 g/mol. The van der Waals surface area contributed by atoms with Crippen LogP contribution in [0.1, 0.15) is 54.2 Å². The van der Waals surface area contributed by atoms with Crippen molar-refractivity contribution in [1.82, 2.24) is 24.9 Å². The van der Waals surface area contributed by atoms with E-state index in [4.69, 9.17) is 15.1 Å². The zero-order chi connectivity index (χ0) is 33.9. The largest absolute Gasteiger partial charge is 0.390 e. The Balaban J connectivity index is 0.000000738. The van der Waals surface area contributed by atoms with Crippen LogP contribution in [0.5, 0.6) is 0 Å². The summed E-state index contributed by atoms with van der Waals surface area (Å²) in [7, 11) is -4.75. The number of benzene rings is 1. The highest BCUT2D eigenvalue weighted by Gasteiger charge is 2.51. The molecule has 1 aromatic carbocycles. The van der Waals surface area contributed by atoms with Gasteiger partial charge in [-0.15, -0.1) is 22.7 Å². The number of nitrogens with one attached hydrogen (secondary N) is 2. The molecular weight excluding hydrogens is 657 g/mol. The molecule has 1 aliphatic rings. The first kappa shape index (κ1) is 36.2. The Labute approximate surface area is 275 Å². The number of rotatable bonds is 13. The lowest BCUT2D eigenvalue weighted by Crippen LogP contribution is -2.71. The Morgan fingerprint density at radius 1 is 1.15 bits per heavy atom. The Morgan fingerprint density at radius 3 is 2.33 bits per heavy atom. The fourth-order valence-corrected chi connectivity index (χ4v) is 6.11. The van der Waals surface area contributed by atoms with E-state index in [9.17, 15) is 22.8 Å². The van der Waals surface area contributed by atoms with E-state index in [2.05, 4.69) is 51.7 Å². The molecule has 1 aliphatic heterocycles. The summed E-state index contributed by atoms with van der Waals surface area (Å²) in [4.78, 5) is 49.9. The number of nitrogens with two attached hydrogens (primary N) is 1. The second-order valence-electron chi connectivity index (χ2n) is 9.62. The van der Waals surface area contributed by atoms with Crippen molar-refractivity contribution < 1.29 is 32.2 Å². The van der Waals surface area contributed by atoms with Crippen molar-refractivity contribution in [1.29, 1.82) is 0 Å². The summed E-state index contributed by atoms with van der Waals surface area (Å²) in [6, 6.07) is 7.90. The minimum atomic E-state index is -4.75. The fourth-order valence-electron chi connectivity index (χ4n) is 4.09. The summed E-state index contributed by atoms with van der Waals surface area (Å²) in [6.45, 7) is 11.4. The summed E-state index contributed by atoms with van der Waals surface area (Å²) < 4.78 is 32.0. The highest BCUT2D eigenvalue weighted by atomic mass is 32.2. The number of hydrogen-bond acceptors (Lipinski definition) is 13. The van der Waals surface area contributed by atoms with E-state index in [-0.39, 0.29) is 27.4 Å². The topological polar surface area (TPSA) is 209 Å². The van der Waals surface area contributed by atoms with Crippen molar-refractivity contribution in [2.75, 3.05) is 25.4 Å². The average Bonchev–Trinajstić information content (AvgIpc) is 3.71. The molecular formula is C28H36N8O7S3. The van der Waals surface area contributed by atoms with Gasteiger partial charge in [0.05, 0.1) is 12.3 Å². The van der Waals surface area contributed by atoms with Crippen LogP contribution in [-0.2, 0) is 31.3 Å². The minimum Gasteiger partial charge on any atom is -0.390 e. The Bertz CT molecular complexity index is 1630. The number of hydrogen-bond donors (Lipinski definition) is 4. The molecule has 2 aromatic heterocycles. The number of thiazole rings is 1. The lowest BCUT2D eigenvalue weighted by Gasteiger charge is -2.42. The molecule has 0 unspecified atom stereocenters. The molecule has 2 atom stereocenters. The smallest absolute Gasteiger partial charge is 0.362 e. The molecule has 0 saturated carbocycles. The Kier molecular flexibility index (Phi) is 13.3. The molecule has 18 heteroatoms. The van der Waals surface area contributed by atoms with Gasteiger partial charge in [-0.2, -0.15) is 13.5 Å². The van der Waals surface area contributed by atoms with Gasteiger partial charge >= 0.3 is 10.3 Å². The summed E-state index contributed by atoms with van der Waals surface area (Å²) in [6.07, 6.45) is 1.54. The van der Waals surface area contributed by atoms with Gasteiger partial charge in [0.2, 0.25) is 0 Å². The van der Waals surface area contributed by atoms with Crippen LogP contribution in [0.15, 0.2) is 57.4 Å². The Hall–Kier alpha value is -4.23. The fraction of sp³-hybridized carbons (Fsp3) is 0.357. The van der Waals surface area contributed by atoms with Gasteiger partial charge in [0.25, 0.3) is 17.7 Å². The van der Waals surface area contributed by atoms with Gasteiger partial charge in [0.15, 0.2) is 10.8 Å². The summed E-state index contributed by atoms with van der Waals surface area (Å²) in [5.41, 5.74) is 8.87. The number of anilines is 1. The number of carbonyl (C=O) groups excluding carboxylic acids is 3. The lowest BCUT2D eigenvalue weighted by atomic mass is 10.0. The molecule has 4 rings (SSSR count). The van der Waals surface area contributed by atoms with Crippen molar-refractivity contribution in [3.63, 3.8) is 0 Å². The molecule has 15 nitrogen and oxygen atoms in total. The third-order valence-electron chi connectivity index (χ3n) is 6.70. The zero-order valence-corrected chi connectivity index (χ0v) is 28.1. The van der Waals surface area contributed by atoms with Gasteiger partial charge in [0, 0.05) is 15.8 Å². The van der Waals surface area contributed by atoms with Gasteiger partial charge in [-0.1, -0.05) is 44.1 Å². The number of nitrogen functional groups attached to an aromatic ring is 1. The van der Waals surface area contributed by atoms with Crippen molar-refractivity contribution in [2.24, 2.45) is 10.3 Å². The second kappa shape index (κ2) is 16.9. The van der Waals surface area contributed by atoms with Crippen LogP contribution in [0, 0.1) is 0 Å². The van der Waals surface area contributed by atoms with Gasteiger partial charge < -0.3 is 20.8 Å². The van der Waals surface area contributed by atoms with E-state index in [1.54, 1.807) is 30.5 Å². The number of oxime groups is 1. The maximum Gasteiger partial charge on any atom is 0.362 e. The van der Waals surface area contributed by atoms with Crippen molar-refractivity contribution in [3.05, 3.63) is 68.9 Å². The molecule has 1 fully saturated rings. The van der Waals surface area contributed by atoms with E-state index >= 15 is 0 Å². The predicted molar refractivity (Wildman–Crippen MR) is 177 cm³/mol. The molecule has 3 heterocycles. The maximum absolute atomic E-state index is 12.9. The van der Waals surface area contributed by atoms with E-state index < -0.39 is 40.1 Å². The third kappa shape index (κ3) is 9.88. The molecule has 3 amide bonds. The van der Waals surface area contributed by atoms with Crippen LogP contribution in [0.4, 0.5) is 5.13 Å². The molecule has 248 valence electrons. The molecule has 0 spiro atoms. The normalized spacial score (nSPS) is 16.5. The van der Waals surface area contributed by atoms with Gasteiger partial charge in [-0.3, -0.25) is 18.9 Å². The van der Waals surface area contributed by atoms with Gasteiger partial charge in [-0.05, 0) is 55.7 Å². The predicted octanol–water partition coefficient (Wildman–Crippen LogP) is 2.34. The monoisotopic (exact) mass is 692 g/mol. The van der Waals surface area contributed by atoms with Crippen LogP contribution >= 0.6 is 22.7 Å². The first-order chi connectivity index (χ1) is 21.9. The number of thiophene rings is 1. The number of nitrogens with zero attached hydrogens (tertiary/aromatic N) is 5. The summed E-state index contributed by atoms with van der Waals surface area (Å²) in [5.74, 6) is -2.27. The molecule has 0 aliphatic carbocycles. The quantitative estimate of drug-likeness (QED) is 0.0889. The van der Waals surface area contributed by atoms with Crippen molar-refractivity contribution in [2.45, 2.75) is 46.4 Å². The molecule has 3 aromatic rings. The van der Waals surface area contributed by atoms with Crippen LogP contribution in [-0.4, -0.2) is 88.5 Å². The lowest BCUT2D eigenvalue weighted by molar-refractivity contribution is -0.143. The zero-order valence-electron chi connectivity index (χ0n) is 25.6. The summed E-state index contributed by atoms with van der Waals surface area (Å²) in [5, 5.41) is 13.7. The van der Waals surface area contributed by atoms with Crippen molar-refractivity contribution >= 4 is 67.8 Å². The molecule has 5 N–H and O–H groups in total. The highest BCUT2D eigenvalue weighted by Crippen LogP contribution is 2.23. The van der Waals surface area contributed by atoms with E-state index in [1.807, 2.05) is 17.5 Å². The number of β-lactam (4-membered cyclic amide) rings is 1. The number of amides is 3. The highest BCUT2D eigenvalue weighted by molar-refractivity contribution is 7.84. The van der Waals surface area contributed by atoms with Gasteiger partial charge in [-0.25, -0.2) is 14.7 Å². The molecule has 0 radical (unpaired) electrons. The van der Waals surface area contributed by atoms with Crippen molar-refractivity contribution in [3.8, 4) is 0 Å². The Morgan fingerprint density at radius 2 is 1.83 bits per heavy atom. The first-order valence-corrected chi connectivity index (χ1v) is 17.3. The van der Waals surface area contributed by atoms with Crippen LogP contribution in [0.2, 0.25) is 0 Å². The number of aromatic nitrogens is 1. The summed E-state index contributed by atoms with van der Waals surface area (Å²) >= 11 is 2.53. The third-order valence-corrected chi connectivity index (χ3v) is 9.19. The second-order valence-corrected chi connectivity index (χ2v) is 12.8. The van der Waals surface area contributed by atoms with Crippen LogP contribution in [0.25, 0.3) is 0 Å².